The van der Waals surface area contributed by atoms with Crippen molar-refractivity contribution < 1.29 is 96.6 Å². The normalized spacial score (nSPS) is 10.7. The second kappa shape index (κ2) is 35.7. The van der Waals surface area contributed by atoms with E-state index >= 15 is 0 Å². The minimum atomic E-state index is -4.67. The molecule has 0 radical (unpaired) electrons. The molecule has 0 aromatic carbocycles. The molecule has 0 aliphatic carbocycles. The summed E-state index contributed by atoms with van der Waals surface area (Å²) < 4.78 is 64.9. The van der Waals surface area contributed by atoms with Crippen LogP contribution >= 0.6 is 0 Å². The Morgan fingerprint density at radius 1 is 0.486 bits per heavy atom. The average Bonchev–Trinajstić information content (AvgIpc) is 2.69. The summed E-state index contributed by atoms with van der Waals surface area (Å²) in [6.45, 7) is 6.78. The van der Waals surface area contributed by atoms with Crippen LogP contribution in [0.25, 0.3) is 0 Å². The van der Waals surface area contributed by atoms with E-state index in [2.05, 4.69) is 25.0 Å². The third-order valence-corrected chi connectivity index (χ3v) is 5.40. The largest absolute Gasteiger partial charge is 1.00 e. The Kier molecular flexibility index (Phi) is 47.6. The monoisotopic (exact) mass is 568 g/mol. The van der Waals surface area contributed by atoms with Gasteiger partial charge in [0.25, 0.3) is 0 Å². The van der Waals surface area contributed by atoms with Crippen molar-refractivity contribution in [2.45, 2.75) is 143 Å². The Hall–Kier alpha value is 1.74. The first-order valence-corrected chi connectivity index (χ1v) is 15.6. The maximum absolute atomic E-state index is 10.3. The third-order valence-electron chi connectivity index (χ3n) is 4.94. The number of hydrogen-bond donors (Lipinski definition) is 3. The summed E-state index contributed by atoms with van der Waals surface area (Å²) in [5.41, 5.74) is 0. The molecular formula is C23H54Na2O8S2. The van der Waals surface area contributed by atoms with E-state index in [-0.39, 0.29) is 68.6 Å². The Morgan fingerprint density at radius 2 is 0.714 bits per heavy atom. The molecule has 8 nitrogen and oxygen atoms in total. The van der Waals surface area contributed by atoms with Crippen molar-refractivity contribution in [3.8, 4) is 0 Å². The van der Waals surface area contributed by atoms with Crippen molar-refractivity contribution in [2.24, 2.45) is 0 Å². The molecule has 0 aromatic heterocycles. The third kappa shape index (κ3) is 72.2. The van der Waals surface area contributed by atoms with Gasteiger partial charge in [-0.05, 0) is 6.42 Å². The van der Waals surface area contributed by atoms with E-state index in [9.17, 15) is 8.42 Å². The Morgan fingerprint density at radius 3 is 0.914 bits per heavy atom. The van der Waals surface area contributed by atoms with Crippen LogP contribution in [0.15, 0.2) is 0 Å². The van der Waals surface area contributed by atoms with Crippen LogP contribution < -0.4 is 59.1 Å². The topological polar surface area (TPSA) is 138 Å². The molecule has 0 aromatic rings. The molecule has 0 aliphatic heterocycles. The van der Waals surface area contributed by atoms with Gasteiger partial charge in [0.05, 0.1) is 6.61 Å². The van der Waals surface area contributed by atoms with E-state index in [0.29, 0.717) is 6.42 Å². The van der Waals surface area contributed by atoms with Crippen LogP contribution in [0.4, 0.5) is 0 Å². The van der Waals surface area contributed by atoms with Crippen molar-refractivity contribution >= 4 is 20.8 Å². The molecule has 3 N–H and O–H groups in total. The molecule has 0 aliphatic rings. The molecule has 0 amide bonds. The maximum Gasteiger partial charge on any atom is 1.00 e. The second-order valence-corrected chi connectivity index (χ2v) is 10.3. The Balaban J connectivity index is -0.000000109. The zero-order valence-corrected chi connectivity index (χ0v) is 29.0. The zero-order valence-electron chi connectivity index (χ0n) is 25.3. The Bertz CT molecular complexity index is 575. The van der Waals surface area contributed by atoms with Gasteiger partial charge in [-0.15, -0.1) is 0 Å². The average molecular weight is 569 g/mol. The van der Waals surface area contributed by atoms with Crippen molar-refractivity contribution in [3.63, 3.8) is 0 Å². The summed E-state index contributed by atoms with van der Waals surface area (Å²) in [6, 6.07) is 0. The fourth-order valence-electron chi connectivity index (χ4n) is 3.17. The predicted octanol–water partition coefficient (Wildman–Crippen LogP) is 1.84. The van der Waals surface area contributed by atoms with E-state index < -0.39 is 20.8 Å². The fraction of sp³-hybridized carbons (Fsp3) is 1.00. The van der Waals surface area contributed by atoms with Gasteiger partial charge in [-0.2, -0.15) is 16.8 Å². The minimum Gasteiger partial charge on any atom is -1.00 e. The van der Waals surface area contributed by atoms with Crippen molar-refractivity contribution in [1.82, 2.24) is 0 Å². The van der Waals surface area contributed by atoms with Gasteiger partial charge >= 0.3 is 79.9 Å². The van der Waals surface area contributed by atoms with Gasteiger partial charge < -0.3 is 2.85 Å². The quantitative estimate of drug-likeness (QED) is 0.115. The smallest absolute Gasteiger partial charge is 1.00 e. The second-order valence-electron chi connectivity index (χ2n) is 8.35. The molecule has 208 valence electrons. The number of hydrogen-bond acceptors (Lipinski definition) is 5. The summed E-state index contributed by atoms with van der Waals surface area (Å²) in [6.07, 6.45) is 24.6. The van der Waals surface area contributed by atoms with E-state index in [1.165, 1.54) is 103 Å². The van der Waals surface area contributed by atoms with Gasteiger partial charge in [0.15, 0.2) is 0 Å². The summed E-state index contributed by atoms with van der Waals surface area (Å²) in [5, 5.41) is 0. The molecular weight excluding hydrogens is 514 g/mol. The molecule has 0 spiro atoms. The van der Waals surface area contributed by atoms with E-state index in [1.807, 2.05) is 0 Å². The molecule has 35 heavy (non-hydrogen) atoms. The van der Waals surface area contributed by atoms with Crippen LogP contribution in [0, 0.1) is 0 Å². The van der Waals surface area contributed by atoms with Crippen LogP contribution in [0.2, 0.25) is 0 Å². The van der Waals surface area contributed by atoms with Crippen LogP contribution in [0.3, 0.4) is 0 Å². The number of rotatable bonds is 20. The zero-order chi connectivity index (χ0) is 25.8. The molecule has 0 saturated carbocycles. The van der Waals surface area contributed by atoms with Crippen LogP contribution in [-0.2, 0) is 25.0 Å². The van der Waals surface area contributed by atoms with Crippen molar-refractivity contribution in [1.29, 1.82) is 0 Å². The van der Waals surface area contributed by atoms with Crippen molar-refractivity contribution in [2.75, 3.05) is 6.61 Å². The maximum atomic E-state index is 10.3. The summed E-state index contributed by atoms with van der Waals surface area (Å²) in [7, 11) is -8.91. The van der Waals surface area contributed by atoms with E-state index in [4.69, 9.17) is 22.1 Å². The molecule has 12 heteroatoms. The van der Waals surface area contributed by atoms with Gasteiger partial charge in [0.1, 0.15) is 0 Å². The standard InChI is InChI=1S/C18H38O4S.C5H12.2Na.H2O4S.2H/c1-2-3-4-5-6-7-8-9-10-11-12-13-14-15-16-17-18-22-23(19,20)21;1-3-5-4-2;;;1-5(2,3)4;;/h2-18H2,1H3,(H,19,20,21);3-5H2,1-2H3;;;(H2,1,2,3,4);;/q;;2*+1;;2*-1. The van der Waals surface area contributed by atoms with Gasteiger partial charge in [0.2, 0.25) is 0 Å². The van der Waals surface area contributed by atoms with Crippen LogP contribution in [-0.4, -0.2) is 37.1 Å². The SMILES string of the molecule is CCCCC.CCCCCCCCCCCCCCCCCCOS(=O)(=O)O.O=S(=O)(O)O.[H-].[H-].[Na+].[Na+]. The summed E-state index contributed by atoms with van der Waals surface area (Å²) >= 11 is 0. The molecule has 0 heterocycles. The molecule has 0 saturated heterocycles. The fourth-order valence-corrected chi connectivity index (χ4v) is 3.50. The minimum absolute atomic E-state index is 0. The van der Waals surface area contributed by atoms with Crippen LogP contribution in [0.1, 0.15) is 146 Å². The summed E-state index contributed by atoms with van der Waals surface area (Å²) in [4.78, 5) is 0. The van der Waals surface area contributed by atoms with Gasteiger partial charge in [-0.3, -0.25) is 13.7 Å². The van der Waals surface area contributed by atoms with Gasteiger partial charge in [-0.1, -0.05) is 136 Å². The number of unbranched alkanes of at least 4 members (excludes halogenated alkanes) is 17. The molecule has 0 bridgehead atoms. The first-order valence-electron chi connectivity index (χ1n) is 12.8. The van der Waals surface area contributed by atoms with Crippen molar-refractivity contribution in [3.05, 3.63) is 0 Å². The van der Waals surface area contributed by atoms with Gasteiger partial charge in [0, 0.05) is 0 Å². The molecule has 0 atom stereocenters. The molecule has 0 fully saturated rings. The Labute approximate surface area is 264 Å². The molecule has 0 unspecified atom stereocenters. The summed E-state index contributed by atoms with van der Waals surface area (Å²) in [5.74, 6) is 0. The van der Waals surface area contributed by atoms with Crippen LogP contribution in [0.5, 0.6) is 0 Å². The van der Waals surface area contributed by atoms with E-state index in [1.54, 1.807) is 0 Å². The first-order chi connectivity index (χ1) is 15.5. The molecule has 0 rings (SSSR count). The van der Waals surface area contributed by atoms with Gasteiger partial charge in [-0.25, -0.2) is 4.18 Å². The van der Waals surface area contributed by atoms with E-state index in [0.717, 1.165) is 12.8 Å². The first kappa shape index (κ1) is 46.6. The predicted molar refractivity (Wildman–Crippen MR) is 139 cm³/mol.